The lowest BCUT2D eigenvalue weighted by atomic mass is 10.2. The molecule has 3 aromatic heterocycles. The maximum Gasteiger partial charge on any atom is 0.322 e. The second kappa shape index (κ2) is 7.64. The fraction of sp³-hybridized carbons (Fsp3) is 0.211. The van der Waals surface area contributed by atoms with E-state index in [0.717, 1.165) is 10.9 Å². The van der Waals surface area contributed by atoms with Gasteiger partial charge in [-0.1, -0.05) is 5.10 Å². The number of nitrogens with one attached hydrogen (secondary N) is 2. The van der Waals surface area contributed by atoms with Crippen molar-refractivity contribution >= 4 is 20.9 Å². The van der Waals surface area contributed by atoms with E-state index >= 15 is 0 Å². The van der Waals surface area contributed by atoms with E-state index in [0.29, 0.717) is 24.1 Å². The highest BCUT2D eigenvalue weighted by atomic mass is 32.2. The van der Waals surface area contributed by atoms with Gasteiger partial charge in [-0.25, -0.2) is 13.1 Å². The Morgan fingerprint density at radius 2 is 2.10 bits per heavy atom. The van der Waals surface area contributed by atoms with Gasteiger partial charge in [0.15, 0.2) is 5.82 Å². The van der Waals surface area contributed by atoms with E-state index in [4.69, 9.17) is 4.74 Å². The molecule has 1 atom stereocenters. The van der Waals surface area contributed by atoms with Gasteiger partial charge in [-0.3, -0.25) is 9.55 Å². The summed E-state index contributed by atoms with van der Waals surface area (Å²) in [6, 6.07) is 10.4. The number of H-pyrrole nitrogens is 1. The molecule has 0 radical (unpaired) electrons. The molecule has 3 heterocycles. The van der Waals surface area contributed by atoms with Crippen LogP contribution in [0.1, 0.15) is 25.7 Å². The Kier molecular flexibility index (Phi) is 5.03. The van der Waals surface area contributed by atoms with Crippen LogP contribution < -0.4 is 9.46 Å². The summed E-state index contributed by atoms with van der Waals surface area (Å²) < 4.78 is 35.4. The third-order valence-electron chi connectivity index (χ3n) is 4.46. The molecule has 29 heavy (non-hydrogen) atoms. The zero-order chi connectivity index (χ0) is 20.4. The third kappa shape index (κ3) is 3.84. The van der Waals surface area contributed by atoms with Gasteiger partial charge in [0.1, 0.15) is 10.6 Å². The van der Waals surface area contributed by atoms with Crippen LogP contribution in [0.5, 0.6) is 11.8 Å². The van der Waals surface area contributed by atoms with Crippen LogP contribution in [0.3, 0.4) is 0 Å². The first-order valence-corrected chi connectivity index (χ1v) is 10.6. The lowest BCUT2D eigenvalue weighted by molar-refractivity contribution is 0.408. The molecule has 0 unspecified atom stereocenters. The summed E-state index contributed by atoms with van der Waals surface area (Å²) in [5.74, 6) is 1.06. The van der Waals surface area contributed by atoms with Gasteiger partial charge in [0.05, 0.1) is 6.04 Å². The number of nitrogens with zero attached hydrogens (tertiary/aromatic N) is 4. The molecule has 0 bridgehead atoms. The number of aromatic nitrogens is 5. The van der Waals surface area contributed by atoms with Gasteiger partial charge >= 0.3 is 6.01 Å². The predicted octanol–water partition coefficient (Wildman–Crippen LogP) is 3.01. The van der Waals surface area contributed by atoms with Crippen molar-refractivity contribution in [3.05, 3.63) is 60.8 Å². The Morgan fingerprint density at radius 3 is 2.86 bits per heavy atom. The van der Waals surface area contributed by atoms with Gasteiger partial charge in [-0.05, 0) is 49.6 Å². The van der Waals surface area contributed by atoms with E-state index < -0.39 is 16.1 Å². The number of ether oxygens (including phenoxy) is 1. The SMILES string of the molecule is CCn1c(Oc2ccc3cc[nH]c3c2)nnc1[C@@H](C)NS(=O)(=O)c1cccnc1. The summed E-state index contributed by atoms with van der Waals surface area (Å²) in [7, 11) is -3.74. The average Bonchev–Trinajstić information content (AvgIpc) is 3.34. The highest BCUT2D eigenvalue weighted by molar-refractivity contribution is 7.89. The van der Waals surface area contributed by atoms with E-state index in [1.165, 1.54) is 18.5 Å². The normalized spacial score (nSPS) is 12.9. The van der Waals surface area contributed by atoms with E-state index in [1.54, 1.807) is 17.6 Å². The van der Waals surface area contributed by atoms with Gasteiger partial charge in [0.2, 0.25) is 10.0 Å². The van der Waals surface area contributed by atoms with Gasteiger partial charge in [-0.15, -0.1) is 5.10 Å². The second-order valence-corrected chi connectivity index (χ2v) is 8.16. The maximum atomic E-state index is 12.6. The topological polar surface area (TPSA) is 115 Å². The highest BCUT2D eigenvalue weighted by Crippen LogP contribution is 2.26. The van der Waals surface area contributed by atoms with E-state index in [1.807, 2.05) is 37.4 Å². The largest absolute Gasteiger partial charge is 0.424 e. The van der Waals surface area contributed by atoms with Crippen molar-refractivity contribution in [3.8, 4) is 11.8 Å². The Labute approximate surface area is 167 Å². The van der Waals surface area contributed by atoms with Gasteiger partial charge in [0, 0.05) is 36.7 Å². The number of fused-ring (bicyclic) bond motifs is 1. The van der Waals surface area contributed by atoms with Gasteiger partial charge in [-0.2, -0.15) is 0 Å². The molecule has 0 aliphatic rings. The van der Waals surface area contributed by atoms with Crippen molar-refractivity contribution < 1.29 is 13.2 Å². The summed E-state index contributed by atoms with van der Waals surface area (Å²) >= 11 is 0. The molecule has 9 nitrogen and oxygen atoms in total. The number of benzene rings is 1. The Morgan fingerprint density at radius 1 is 1.24 bits per heavy atom. The van der Waals surface area contributed by atoms with Crippen LogP contribution in [0.4, 0.5) is 0 Å². The van der Waals surface area contributed by atoms with Crippen molar-refractivity contribution in [2.75, 3.05) is 0 Å². The van der Waals surface area contributed by atoms with Crippen LogP contribution in [0.25, 0.3) is 10.9 Å². The minimum atomic E-state index is -3.74. The van der Waals surface area contributed by atoms with Crippen molar-refractivity contribution in [3.63, 3.8) is 0 Å². The molecule has 0 fully saturated rings. The molecule has 10 heteroatoms. The lowest BCUT2D eigenvalue weighted by Crippen LogP contribution is -2.29. The van der Waals surface area contributed by atoms with Crippen LogP contribution >= 0.6 is 0 Å². The van der Waals surface area contributed by atoms with Crippen molar-refractivity contribution in [1.29, 1.82) is 0 Å². The first-order valence-electron chi connectivity index (χ1n) is 9.08. The Balaban J connectivity index is 1.58. The van der Waals surface area contributed by atoms with E-state index in [-0.39, 0.29) is 4.90 Å². The fourth-order valence-electron chi connectivity index (χ4n) is 3.05. The molecule has 2 N–H and O–H groups in total. The summed E-state index contributed by atoms with van der Waals surface area (Å²) in [6.45, 7) is 4.14. The molecule has 4 aromatic rings. The highest BCUT2D eigenvalue weighted by Gasteiger charge is 2.24. The summed E-state index contributed by atoms with van der Waals surface area (Å²) in [5, 5.41) is 9.34. The average molecular weight is 412 g/mol. The minimum absolute atomic E-state index is 0.0881. The smallest absolute Gasteiger partial charge is 0.322 e. The molecule has 0 amide bonds. The summed E-state index contributed by atoms with van der Waals surface area (Å²) in [4.78, 5) is 7.08. The van der Waals surface area contributed by atoms with Crippen LogP contribution in [-0.2, 0) is 16.6 Å². The fourth-order valence-corrected chi connectivity index (χ4v) is 4.21. The zero-order valence-electron chi connectivity index (χ0n) is 15.9. The van der Waals surface area contributed by atoms with Crippen molar-refractivity contribution in [2.45, 2.75) is 31.3 Å². The zero-order valence-corrected chi connectivity index (χ0v) is 16.7. The summed E-state index contributed by atoms with van der Waals surface area (Å²) in [6.07, 6.45) is 4.67. The molecular formula is C19H20N6O3S. The Bertz CT molecular complexity index is 1230. The number of sulfonamides is 1. The van der Waals surface area contributed by atoms with Crippen molar-refractivity contribution in [2.24, 2.45) is 0 Å². The van der Waals surface area contributed by atoms with Crippen molar-refractivity contribution in [1.82, 2.24) is 29.5 Å². The third-order valence-corrected chi connectivity index (χ3v) is 5.99. The molecule has 0 saturated heterocycles. The maximum absolute atomic E-state index is 12.6. The molecular weight excluding hydrogens is 392 g/mol. The lowest BCUT2D eigenvalue weighted by Gasteiger charge is -2.15. The molecule has 0 aliphatic carbocycles. The summed E-state index contributed by atoms with van der Waals surface area (Å²) in [5.41, 5.74) is 0.947. The standard InChI is InChI=1S/C19H20N6O3S/c1-3-25-18(13(2)24-29(26,27)16-5-4-9-20-12-16)22-23-19(25)28-15-7-6-14-8-10-21-17(14)11-15/h4-13,21,24H,3H2,1-2H3/t13-/m1/s1. The minimum Gasteiger partial charge on any atom is -0.424 e. The molecule has 150 valence electrons. The van der Waals surface area contributed by atoms with E-state index in [9.17, 15) is 8.42 Å². The Hall–Kier alpha value is -3.24. The molecule has 0 saturated carbocycles. The van der Waals surface area contributed by atoms with Gasteiger partial charge < -0.3 is 9.72 Å². The predicted molar refractivity (Wildman–Crippen MR) is 107 cm³/mol. The molecule has 4 rings (SSSR count). The molecule has 0 aliphatic heterocycles. The number of pyridine rings is 1. The number of aromatic amines is 1. The number of hydrogen-bond donors (Lipinski definition) is 2. The van der Waals surface area contributed by atoms with Crippen LogP contribution in [0, 0.1) is 0 Å². The van der Waals surface area contributed by atoms with Crippen LogP contribution in [0.2, 0.25) is 0 Å². The molecule has 0 spiro atoms. The van der Waals surface area contributed by atoms with Crippen LogP contribution in [0.15, 0.2) is 59.9 Å². The molecule has 1 aromatic carbocycles. The van der Waals surface area contributed by atoms with Crippen LogP contribution in [-0.4, -0.2) is 33.2 Å². The monoisotopic (exact) mass is 412 g/mol. The van der Waals surface area contributed by atoms with Gasteiger partial charge in [0.25, 0.3) is 0 Å². The first-order chi connectivity index (χ1) is 14.0. The second-order valence-electron chi connectivity index (χ2n) is 6.45. The van der Waals surface area contributed by atoms with E-state index in [2.05, 4.69) is 24.9 Å². The quantitative estimate of drug-likeness (QED) is 0.482. The number of hydrogen-bond acceptors (Lipinski definition) is 6. The number of rotatable bonds is 7. The first kappa shape index (κ1) is 19.1.